The number of rotatable bonds is 11. The van der Waals surface area contributed by atoms with Crippen LogP contribution in [0.5, 0.6) is 11.5 Å². The van der Waals surface area contributed by atoms with Crippen molar-refractivity contribution in [1.29, 1.82) is 0 Å². The zero-order valence-corrected chi connectivity index (χ0v) is 42.4. The normalized spacial score (nSPS) is 15.1. The fourth-order valence-electron chi connectivity index (χ4n) is 6.00. The number of carbonyl (C=O) groups is 2. The first-order chi connectivity index (χ1) is 27.8. The van der Waals surface area contributed by atoms with E-state index in [0.717, 1.165) is 18.2 Å². The average Bonchev–Trinajstić information content (AvgIpc) is 3.14. The van der Waals surface area contributed by atoms with Gasteiger partial charge in [0.1, 0.15) is 52.5 Å². The summed E-state index contributed by atoms with van der Waals surface area (Å²) in [7, 11) is -18.2. The van der Waals surface area contributed by atoms with Crippen LogP contribution in [0, 0.1) is 0 Å². The molecule has 0 aliphatic heterocycles. The molecule has 0 radical (unpaired) electrons. The van der Waals surface area contributed by atoms with Gasteiger partial charge in [-0.15, -0.1) is 0 Å². The van der Waals surface area contributed by atoms with Crippen LogP contribution in [0.15, 0.2) is 90.5 Å². The summed E-state index contributed by atoms with van der Waals surface area (Å²) in [5.41, 5.74) is 13.3. The summed E-state index contributed by atoms with van der Waals surface area (Å²) < 4.78 is 151. The molecule has 0 aromatic heterocycles. The summed E-state index contributed by atoms with van der Waals surface area (Å²) in [6, 6.07) is 11.7. The fourth-order valence-corrected chi connectivity index (χ4v) is 8.39. The Bertz CT molecular complexity index is 2980. The zero-order valence-electron chi connectivity index (χ0n) is 33.2. The molecule has 2 aliphatic rings. The Labute approximate surface area is 425 Å². The van der Waals surface area contributed by atoms with Gasteiger partial charge >= 0.3 is 88.7 Å². The number of methoxy groups -OCH3 is 2. The number of carbonyl (C=O) groups excluding carboxylic acids is 2. The number of hydrogen-bond donors (Lipinski definition) is 5. The predicted octanol–water partition coefficient (Wildman–Crippen LogP) is -7.20. The van der Waals surface area contributed by atoms with Gasteiger partial charge in [-0.3, -0.25) is 25.0 Å². The van der Waals surface area contributed by atoms with Crippen molar-refractivity contribution >= 4 is 98.4 Å². The molecule has 0 amide bonds. The Morgan fingerprint density at radius 2 is 0.937 bits per heavy atom. The van der Waals surface area contributed by atoms with E-state index in [1.807, 2.05) is 0 Å². The maximum Gasteiger partial charge on any atom is 1.00 e. The molecule has 0 unspecified atom stereocenters. The number of hydrazone groups is 2. The van der Waals surface area contributed by atoms with E-state index in [9.17, 15) is 61.5 Å². The summed E-state index contributed by atoms with van der Waals surface area (Å²) >= 11 is 0. The van der Waals surface area contributed by atoms with E-state index in [1.54, 1.807) is 0 Å². The Kier molecular flexibility index (Phi) is 17.0. The monoisotopic (exact) mass is 970 g/mol. The van der Waals surface area contributed by atoms with Crippen LogP contribution < -0.4 is 120 Å². The molecule has 6 rings (SSSR count). The second-order valence-electron chi connectivity index (χ2n) is 12.4. The number of allylic oxidation sites excluding steroid dienone is 2. The van der Waals surface area contributed by atoms with Crippen molar-refractivity contribution < 1.29 is 160 Å². The molecule has 0 spiro atoms. The Hall–Kier alpha value is -3.52. The molecule has 0 fully saturated rings. The Morgan fingerprint density at radius 1 is 0.571 bits per heavy atom. The SMILES string of the molecule is COc1cc(-c2ccc(N/N=C3/C(=O)c4c(N)cc(S(=O)(=O)[O-])cc4C=C3S(=O)(=O)O)c(OC)c2)ccc1N/N=C1/C(=O)c2c(N)cc(S(=O)(=O)[O-])cc2C=C1S(=O)(=O)[O-].[Na+].[Na+].[Na+]. The predicted molar refractivity (Wildman–Crippen MR) is 211 cm³/mol. The van der Waals surface area contributed by atoms with E-state index in [1.165, 1.54) is 50.6 Å². The maximum absolute atomic E-state index is 13.4. The molecule has 63 heavy (non-hydrogen) atoms. The summed E-state index contributed by atoms with van der Waals surface area (Å²) in [5, 5.41) is 7.73. The topological polar surface area (TPSA) is 379 Å². The number of fused-ring (bicyclic) bond motifs is 2. The molecule has 29 heteroatoms. The zero-order chi connectivity index (χ0) is 44.3. The molecule has 314 valence electrons. The quantitative estimate of drug-likeness (QED) is 0.0403. The van der Waals surface area contributed by atoms with Gasteiger partial charge in [0.25, 0.3) is 10.1 Å². The van der Waals surface area contributed by atoms with Crippen molar-refractivity contribution in [2.45, 2.75) is 9.79 Å². The van der Waals surface area contributed by atoms with E-state index in [4.69, 9.17) is 20.9 Å². The van der Waals surface area contributed by atoms with Crippen molar-refractivity contribution in [3.63, 3.8) is 0 Å². The average molecular weight is 971 g/mol. The number of hydrogen-bond acceptors (Lipinski definition) is 21. The van der Waals surface area contributed by atoms with Gasteiger partial charge in [-0.1, -0.05) is 12.1 Å². The number of Topliss-reactive ketones (excluding diaryl/α,β-unsaturated/α-hetero) is 2. The van der Waals surface area contributed by atoms with Crippen LogP contribution >= 0.6 is 0 Å². The maximum atomic E-state index is 13.4. The van der Waals surface area contributed by atoms with Gasteiger partial charge in [0.2, 0.25) is 11.6 Å². The van der Waals surface area contributed by atoms with Gasteiger partial charge in [0.15, 0.2) is 5.71 Å². The van der Waals surface area contributed by atoms with Crippen molar-refractivity contribution in [3.8, 4) is 22.6 Å². The van der Waals surface area contributed by atoms with Gasteiger partial charge in [-0.2, -0.15) is 18.6 Å². The second-order valence-corrected chi connectivity index (χ2v) is 17.9. The number of nitrogens with two attached hydrogens (primary N) is 2. The van der Waals surface area contributed by atoms with Crippen molar-refractivity contribution in [1.82, 2.24) is 0 Å². The smallest absolute Gasteiger partial charge is 0.744 e. The van der Waals surface area contributed by atoms with E-state index in [0.29, 0.717) is 29.3 Å². The minimum absolute atomic E-state index is 0. The largest absolute Gasteiger partial charge is 1.00 e. The van der Waals surface area contributed by atoms with Gasteiger partial charge in [0.05, 0.1) is 51.4 Å². The number of ether oxygens (including phenoxy) is 2. The van der Waals surface area contributed by atoms with Crippen LogP contribution in [0.2, 0.25) is 0 Å². The van der Waals surface area contributed by atoms with Crippen molar-refractivity contribution in [3.05, 3.63) is 92.7 Å². The number of nitrogens with zero attached hydrogens (tertiary/aromatic N) is 2. The fraction of sp³-hybridized carbons (Fsp3) is 0.0588. The van der Waals surface area contributed by atoms with Gasteiger partial charge < -0.3 is 34.6 Å². The van der Waals surface area contributed by atoms with Crippen LogP contribution in [0.25, 0.3) is 23.3 Å². The third kappa shape index (κ3) is 11.3. The summed E-state index contributed by atoms with van der Waals surface area (Å²) in [4.78, 5) is 22.9. The molecule has 0 saturated carbocycles. The standard InChI is InChI=1S/C34H28N6O16S4.3Na/c1-55-25-9-15(3-5-23(25)37-39-31-27(59(49,50)51)11-17-7-19(57(43,44)45)13-21(35)29(17)33(31)41)16-4-6-24(26(10-16)56-2)38-40-32-28(60(52,53)54)12-18-8-20(58(46,47)48)14-22(36)30(18)34(32)42;;;/h3-14,37-38H,35-36H2,1-2H3,(H,43,44,45)(H,46,47,48)(H,49,50,51)(H,52,53,54);;;/q;3*+1/p-3/b39-31+,40-32+;;;. The molecule has 22 nitrogen and oxygen atoms in total. The molecular formula is C34H25N6Na3O16S4. The minimum atomic E-state index is -5.42. The number of nitrogen functional groups attached to an aromatic ring is 2. The first-order valence-corrected chi connectivity index (χ1v) is 21.8. The molecule has 0 heterocycles. The minimum Gasteiger partial charge on any atom is -0.744 e. The molecule has 0 bridgehead atoms. The van der Waals surface area contributed by atoms with Gasteiger partial charge in [-0.25, -0.2) is 25.3 Å². The third-order valence-corrected chi connectivity index (χ3v) is 12.1. The van der Waals surface area contributed by atoms with Crippen LogP contribution in [0.3, 0.4) is 0 Å². The summed E-state index contributed by atoms with van der Waals surface area (Å²) in [6.45, 7) is 0. The van der Waals surface area contributed by atoms with Gasteiger partial charge in [-0.05, 0) is 82.9 Å². The molecule has 4 aromatic rings. The van der Waals surface area contributed by atoms with E-state index in [-0.39, 0.29) is 117 Å². The summed E-state index contributed by atoms with van der Waals surface area (Å²) in [6.07, 6.45) is 1.39. The first kappa shape index (κ1) is 53.8. The molecule has 7 N–H and O–H groups in total. The van der Waals surface area contributed by atoms with Crippen molar-refractivity contribution in [2.75, 3.05) is 36.5 Å². The van der Waals surface area contributed by atoms with E-state index >= 15 is 0 Å². The summed E-state index contributed by atoms with van der Waals surface area (Å²) in [5.74, 6) is -2.18. The molecular weight excluding hydrogens is 946 g/mol. The Balaban J connectivity index is 0.00000352. The molecule has 4 aromatic carbocycles. The first-order valence-electron chi connectivity index (χ1n) is 16.1. The van der Waals surface area contributed by atoms with Crippen LogP contribution in [0.4, 0.5) is 22.7 Å². The number of anilines is 4. The van der Waals surface area contributed by atoms with Crippen LogP contribution in [-0.2, 0) is 40.5 Å². The van der Waals surface area contributed by atoms with Gasteiger partial charge in [0, 0.05) is 11.4 Å². The molecule has 0 atom stereocenters. The van der Waals surface area contributed by atoms with Crippen molar-refractivity contribution in [2.24, 2.45) is 10.2 Å². The Morgan fingerprint density at radius 3 is 1.27 bits per heavy atom. The number of ketones is 2. The van der Waals surface area contributed by atoms with Crippen LogP contribution in [0.1, 0.15) is 31.8 Å². The number of nitrogens with one attached hydrogen (secondary N) is 2. The molecule has 2 aliphatic carbocycles. The third-order valence-electron chi connectivity index (χ3n) is 8.71. The number of benzene rings is 4. The van der Waals surface area contributed by atoms with E-state index < -0.39 is 111 Å². The second kappa shape index (κ2) is 19.9. The molecule has 0 saturated heterocycles. The van der Waals surface area contributed by atoms with Crippen LogP contribution in [-0.4, -0.2) is 89.1 Å². The van der Waals surface area contributed by atoms with E-state index in [2.05, 4.69) is 21.1 Å².